The highest BCUT2D eigenvalue weighted by atomic mass is 79.9. The highest BCUT2D eigenvalue weighted by Crippen LogP contribution is 2.17. The van der Waals surface area contributed by atoms with Crippen molar-refractivity contribution in [3.05, 3.63) is 64.1 Å². The Hall–Kier alpha value is -1.36. The highest BCUT2D eigenvalue weighted by molar-refractivity contribution is 9.10. The molecule has 21 heavy (non-hydrogen) atoms. The average Bonchev–Trinajstić information content (AvgIpc) is 2.49. The van der Waals surface area contributed by atoms with Gasteiger partial charge in [-0.25, -0.2) is 0 Å². The Morgan fingerprint density at radius 2 is 1.90 bits per heavy atom. The summed E-state index contributed by atoms with van der Waals surface area (Å²) in [6.07, 6.45) is 0. The molecule has 0 saturated carbocycles. The van der Waals surface area contributed by atoms with Gasteiger partial charge in [0.1, 0.15) is 12.4 Å². The van der Waals surface area contributed by atoms with Crippen LogP contribution in [0.25, 0.3) is 0 Å². The van der Waals surface area contributed by atoms with Gasteiger partial charge in [0.05, 0.1) is 13.2 Å². The number of nitrogens with one attached hydrogen (secondary N) is 1. The zero-order chi connectivity index (χ0) is 14.9. The molecule has 0 saturated heterocycles. The maximum Gasteiger partial charge on any atom is 0.123 e. The summed E-state index contributed by atoms with van der Waals surface area (Å²) in [6.45, 7) is 2.52. The molecule has 0 radical (unpaired) electrons. The lowest BCUT2D eigenvalue weighted by atomic mass is 10.2. The summed E-state index contributed by atoms with van der Waals surface area (Å²) in [4.78, 5) is 0. The Labute approximate surface area is 134 Å². The number of benzene rings is 2. The first-order chi connectivity index (χ1) is 10.3. The molecular formula is C17H20BrNO2. The molecule has 112 valence electrons. The molecule has 0 aliphatic heterocycles. The van der Waals surface area contributed by atoms with Crippen molar-refractivity contribution in [1.29, 1.82) is 0 Å². The van der Waals surface area contributed by atoms with E-state index in [2.05, 4.69) is 33.4 Å². The van der Waals surface area contributed by atoms with E-state index < -0.39 is 0 Å². The van der Waals surface area contributed by atoms with E-state index in [1.54, 1.807) is 0 Å². The third-order valence-electron chi connectivity index (χ3n) is 2.98. The molecule has 3 nitrogen and oxygen atoms in total. The van der Waals surface area contributed by atoms with Crippen LogP contribution in [0.4, 0.5) is 0 Å². The fraction of sp³-hybridized carbons (Fsp3) is 0.294. The average molecular weight is 350 g/mol. The summed E-state index contributed by atoms with van der Waals surface area (Å²) in [5, 5.41) is 3.14. The zero-order valence-corrected chi connectivity index (χ0v) is 13.7. The predicted octanol–water partition coefficient (Wildman–Crippen LogP) is 3.76. The van der Waals surface area contributed by atoms with Crippen molar-refractivity contribution in [1.82, 2.24) is 5.32 Å². The largest absolute Gasteiger partial charge is 0.491 e. The minimum absolute atomic E-state index is 0.550. The lowest BCUT2D eigenvalue weighted by Crippen LogP contribution is -2.10. The lowest BCUT2D eigenvalue weighted by molar-refractivity contribution is 0.0885. The second-order valence-electron chi connectivity index (χ2n) is 4.67. The van der Waals surface area contributed by atoms with Crippen molar-refractivity contribution >= 4 is 15.9 Å². The molecule has 0 aliphatic rings. The van der Waals surface area contributed by atoms with Crippen molar-refractivity contribution < 1.29 is 9.47 Å². The molecule has 0 bridgehead atoms. The van der Waals surface area contributed by atoms with Crippen molar-refractivity contribution in [2.75, 3.05) is 20.3 Å². The molecule has 2 aromatic rings. The molecule has 0 aliphatic carbocycles. The van der Waals surface area contributed by atoms with Crippen LogP contribution >= 0.6 is 15.9 Å². The van der Waals surface area contributed by atoms with Gasteiger partial charge in [-0.05, 0) is 30.8 Å². The lowest BCUT2D eigenvalue weighted by Gasteiger charge is -2.11. The summed E-state index contributed by atoms with van der Waals surface area (Å²) >= 11 is 3.45. The van der Waals surface area contributed by atoms with E-state index >= 15 is 0 Å². The van der Waals surface area contributed by atoms with Gasteiger partial charge >= 0.3 is 0 Å². The second kappa shape index (κ2) is 8.82. The number of rotatable bonds is 8. The van der Waals surface area contributed by atoms with Gasteiger partial charge in [-0.15, -0.1) is 0 Å². The number of ether oxygens (including phenoxy) is 2. The minimum atomic E-state index is 0.550. The second-order valence-corrected chi connectivity index (χ2v) is 5.58. The first-order valence-corrected chi connectivity index (χ1v) is 7.76. The molecule has 0 heterocycles. The quantitative estimate of drug-likeness (QED) is 0.736. The standard InChI is InChI=1S/C17H20BrNO2/c1-19-12-15-6-2-3-8-17(15)21-10-9-20-13-14-5-4-7-16(18)11-14/h2-8,11,19H,9-10,12-13H2,1H3. The van der Waals surface area contributed by atoms with Crippen LogP contribution in [-0.2, 0) is 17.9 Å². The summed E-state index contributed by atoms with van der Waals surface area (Å²) in [6, 6.07) is 16.2. The monoisotopic (exact) mass is 349 g/mol. The third kappa shape index (κ3) is 5.50. The van der Waals surface area contributed by atoms with Gasteiger partial charge in [-0.2, -0.15) is 0 Å². The van der Waals surface area contributed by atoms with Gasteiger partial charge in [-0.1, -0.05) is 46.3 Å². The minimum Gasteiger partial charge on any atom is -0.491 e. The predicted molar refractivity (Wildman–Crippen MR) is 88.5 cm³/mol. The van der Waals surface area contributed by atoms with Crippen LogP contribution in [0.1, 0.15) is 11.1 Å². The van der Waals surface area contributed by atoms with E-state index in [9.17, 15) is 0 Å². The maximum atomic E-state index is 5.78. The smallest absolute Gasteiger partial charge is 0.123 e. The van der Waals surface area contributed by atoms with Crippen LogP contribution < -0.4 is 10.1 Å². The van der Waals surface area contributed by atoms with Gasteiger partial charge in [-0.3, -0.25) is 0 Å². The SMILES string of the molecule is CNCc1ccccc1OCCOCc1cccc(Br)c1. The molecule has 0 atom stereocenters. The fourth-order valence-electron chi connectivity index (χ4n) is 2.01. The van der Waals surface area contributed by atoms with Crippen LogP contribution in [0.3, 0.4) is 0 Å². The van der Waals surface area contributed by atoms with Crippen molar-refractivity contribution in [2.45, 2.75) is 13.2 Å². The Morgan fingerprint density at radius 3 is 2.71 bits per heavy atom. The van der Waals surface area contributed by atoms with E-state index in [4.69, 9.17) is 9.47 Å². The first kappa shape index (κ1) is 16.0. The van der Waals surface area contributed by atoms with Crippen molar-refractivity contribution in [3.63, 3.8) is 0 Å². The van der Waals surface area contributed by atoms with Gasteiger partial charge in [0.15, 0.2) is 0 Å². The molecule has 0 amide bonds. The molecular weight excluding hydrogens is 330 g/mol. The number of hydrogen-bond acceptors (Lipinski definition) is 3. The highest BCUT2D eigenvalue weighted by Gasteiger charge is 2.01. The topological polar surface area (TPSA) is 30.5 Å². The van der Waals surface area contributed by atoms with Gasteiger partial charge in [0.25, 0.3) is 0 Å². The normalized spacial score (nSPS) is 10.6. The van der Waals surface area contributed by atoms with E-state index in [0.717, 1.165) is 27.9 Å². The Bertz CT molecular complexity index is 560. The van der Waals surface area contributed by atoms with Gasteiger partial charge in [0.2, 0.25) is 0 Å². The molecule has 0 fully saturated rings. The first-order valence-electron chi connectivity index (χ1n) is 6.97. The molecule has 0 spiro atoms. The van der Waals surface area contributed by atoms with Gasteiger partial charge < -0.3 is 14.8 Å². The number of para-hydroxylation sites is 1. The van der Waals surface area contributed by atoms with Crippen LogP contribution in [-0.4, -0.2) is 20.3 Å². The maximum absolute atomic E-state index is 5.78. The molecule has 0 unspecified atom stereocenters. The fourth-order valence-corrected chi connectivity index (χ4v) is 2.46. The molecule has 0 aromatic heterocycles. The van der Waals surface area contributed by atoms with Crippen molar-refractivity contribution in [2.24, 2.45) is 0 Å². The van der Waals surface area contributed by atoms with Crippen molar-refractivity contribution in [3.8, 4) is 5.75 Å². The number of halogens is 1. The third-order valence-corrected chi connectivity index (χ3v) is 3.48. The molecule has 1 N–H and O–H groups in total. The van der Waals surface area contributed by atoms with E-state index in [-0.39, 0.29) is 0 Å². The van der Waals surface area contributed by atoms with Crippen LogP contribution in [0.15, 0.2) is 53.0 Å². The summed E-state index contributed by atoms with van der Waals surface area (Å²) in [7, 11) is 1.93. The van der Waals surface area contributed by atoms with Crippen LogP contribution in [0.2, 0.25) is 0 Å². The van der Waals surface area contributed by atoms with Crippen LogP contribution in [0.5, 0.6) is 5.75 Å². The van der Waals surface area contributed by atoms with Gasteiger partial charge in [0, 0.05) is 16.6 Å². The van der Waals surface area contributed by atoms with Crippen LogP contribution in [0, 0.1) is 0 Å². The molecule has 4 heteroatoms. The molecule has 2 aromatic carbocycles. The Morgan fingerprint density at radius 1 is 1.05 bits per heavy atom. The zero-order valence-electron chi connectivity index (χ0n) is 12.1. The van der Waals surface area contributed by atoms with E-state index in [0.29, 0.717) is 19.8 Å². The summed E-state index contributed by atoms with van der Waals surface area (Å²) in [5.74, 6) is 0.915. The summed E-state index contributed by atoms with van der Waals surface area (Å²) < 4.78 is 12.5. The molecule has 2 rings (SSSR count). The summed E-state index contributed by atoms with van der Waals surface area (Å²) in [5.41, 5.74) is 2.31. The van der Waals surface area contributed by atoms with E-state index in [1.165, 1.54) is 0 Å². The Kier molecular flexibility index (Phi) is 6.73. The Balaban J connectivity index is 1.72. The number of hydrogen-bond donors (Lipinski definition) is 1. The van der Waals surface area contributed by atoms with E-state index in [1.807, 2.05) is 43.4 Å².